The number of aliphatic hydroxyl groups excluding tert-OH is 1. The van der Waals surface area contributed by atoms with Gasteiger partial charge in [-0.1, -0.05) is 0 Å². The molecule has 3 aromatic rings. The lowest BCUT2D eigenvalue weighted by molar-refractivity contribution is -0.140. The van der Waals surface area contributed by atoms with E-state index >= 15 is 0 Å². The zero-order valence-corrected chi connectivity index (χ0v) is 14.3. The molecule has 2 aromatic heterocycles. The molecule has 0 saturated carbocycles. The molecule has 9 heteroatoms. The van der Waals surface area contributed by atoms with Crippen molar-refractivity contribution in [3.8, 4) is 28.7 Å². The number of rotatable bonds is 6. The lowest BCUT2D eigenvalue weighted by Crippen LogP contribution is -2.05. The average molecular weight is 379 g/mol. The monoisotopic (exact) mass is 379 g/mol. The molecule has 2 heterocycles. The van der Waals surface area contributed by atoms with Gasteiger partial charge in [-0.15, -0.1) is 0 Å². The summed E-state index contributed by atoms with van der Waals surface area (Å²) in [5, 5.41) is 8.78. The fourth-order valence-electron chi connectivity index (χ4n) is 2.42. The minimum atomic E-state index is -4.58. The van der Waals surface area contributed by atoms with Crippen molar-refractivity contribution in [3.63, 3.8) is 0 Å². The van der Waals surface area contributed by atoms with E-state index in [-0.39, 0.29) is 19.0 Å². The minimum absolute atomic E-state index is 0.0986. The van der Waals surface area contributed by atoms with Crippen molar-refractivity contribution in [2.45, 2.75) is 6.18 Å². The second kappa shape index (κ2) is 7.67. The van der Waals surface area contributed by atoms with E-state index in [9.17, 15) is 13.2 Å². The van der Waals surface area contributed by atoms with Crippen molar-refractivity contribution in [2.75, 3.05) is 20.3 Å². The zero-order chi connectivity index (χ0) is 19.4. The van der Waals surface area contributed by atoms with Gasteiger partial charge in [-0.3, -0.25) is 4.57 Å². The van der Waals surface area contributed by atoms with Gasteiger partial charge in [0.05, 0.1) is 13.7 Å². The number of aromatic nitrogens is 3. The van der Waals surface area contributed by atoms with Crippen LogP contribution in [0.1, 0.15) is 5.69 Å². The summed E-state index contributed by atoms with van der Waals surface area (Å²) in [5.74, 6) is 0.941. The van der Waals surface area contributed by atoms with Crippen LogP contribution in [0.4, 0.5) is 13.2 Å². The molecule has 1 N–H and O–H groups in total. The molecule has 0 amide bonds. The molecule has 1 aromatic carbocycles. The molecule has 0 radical (unpaired) electrons. The zero-order valence-electron chi connectivity index (χ0n) is 14.3. The van der Waals surface area contributed by atoms with Gasteiger partial charge in [-0.25, -0.2) is 9.97 Å². The van der Waals surface area contributed by atoms with Crippen LogP contribution in [0.2, 0.25) is 0 Å². The number of hydrogen-bond donors (Lipinski definition) is 1. The van der Waals surface area contributed by atoms with Crippen LogP contribution < -0.4 is 9.47 Å². The quantitative estimate of drug-likeness (QED) is 0.712. The van der Waals surface area contributed by atoms with Crippen LogP contribution in [0, 0.1) is 0 Å². The van der Waals surface area contributed by atoms with E-state index in [1.165, 1.54) is 17.9 Å². The van der Waals surface area contributed by atoms with Gasteiger partial charge in [0.1, 0.15) is 18.2 Å². The van der Waals surface area contributed by atoms with E-state index < -0.39 is 11.9 Å². The molecule has 0 fully saturated rings. The minimum Gasteiger partial charge on any atom is -0.491 e. The fraction of sp³-hybridized carbons (Fsp3) is 0.222. The first kappa shape index (κ1) is 18.7. The first-order valence-corrected chi connectivity index (χ1v) is 7.93. The summed E-state index contributed by atoms with van der Waals surface area (Å²) in [5.41, 5.74) is -0.124. The Morgan fingerprint density at radius 3 is 2.41 bits per heavy atom. The third-order valence-electron chi connectivity index (χ3n) is 3.67. The third-order valence-corrected chi connectivity index (χ3v) is 3.67. The Labute approximate surface area is 152 Å². The van der Waals surface area contributed by atoms with Crippen molar-refractivity contribution >= 4 is 0 Å². The highest BCUT2D eigenvalue weighted by molar-refractivity contribution is 5.59. The Morgan fingerprint density at radius 1 is 1.11 bits per heavy atom. The summed E-state index contributed by atoms with van der Waals surface area (Å²) in [6, 6.07) is 9.56. The number of aliphatic hydroxyl groups is 1. The number of methoxy groups -OCH3 is 1. The number of nitrogens with zero attached hydrogens (tertiary/aromatic N) is 3. The van der Waals surface area contributed by atoms with Crippen LogP contribution in [-0.4, -0.2) is 40.0 Å². The molecule has 142 valence electrons. The maximum Gasteiger partial charge on any atom is 0.434 e. The van der Waals surface area contributed by atoms with E-state index in [2.05, 4.69) is 9.97 Å². The number of halogens is 3. The Kier molecular flexibility index (Phi) is 5.31. The molecule has 0 atom stereocenters. The molecular formula is C18H16F3N3O3. The lowest BCUT2D eigenvalue weighted by atomic mass is 10.2. The second-order valence-corrected chi connectivity index (χ2v) is 5.47. The topological polar surface area (TPSA) is 69.4 Å². The van der Waals surface area contributed by atoms with Crippen LogP contribution in [-0.2, 0) is 6.18 Å². The molecule has 0 unspecified atom stereocenters. The smallest absolute Gasteiger partial charge is 0.434 e. The molecule has 0 aliphatic heterocycles. The van der Waals surface area contributed by atoms with Crippen LogP contribution in [0.3, 0.4) is 0 Å². The summed E-state index contributed by atoms with van der Waals surface area (Å²) >= 11 is 0. The number of ether oxygens (including phenoxy) is 2. The predicted octanol–water partition coefficient (Wildman–Crippen LogP) is 3.33. The summed E-state index contributed by atoms with van der Waals surface area (Å²) in [7, 11) is 1.45. The van der Waals surface area contributed by atoms with Crippen LogP contribution >= 0.6 is 0 Å². The van der Waals surface area contributed by atoms with Crippen molar-refractivity contribution in [2.24, 2.45) is 0 Å². The van der Waals surface area contributed by atoms with Crippen molar-refractivity contribution < 1.29 is 27.8 Å². The van der Waals surface area contributed by atoms with Crippen LogP contribution in [0.5, 0.6) is 11.6 Å². The average Bonchev–Trinajstić information content (AvgIpc) is 3.13. The van der Waals surface area contributed by atoms with Crippen molar-refractivity contribution in [3.05, 3.63) is 54.5 Å². The number of alkyl halides is 3. The Bertz CT molecular complexity index is 891. The predicted molar refractivity (Wildman–Crippen MR) is 90.9 cm³/mol. The SMILES string of the molecule is COc1ccc(-c2nc(C(F)(F)F)cn2-c2ccc(OCCO)cc2)cn1. The number of imidazole rings is 1. The molecule has 27 heavy (non-hydrogen) atoms. The van der Waals surface area contributed by atoms with Gasteiger partial charge in [0, 0.05) is 29.7 Å². The van der Waals surface area contributed by atoms with E-state index in [4.69, 9.17) is 14.6 Å². The Hall–Kier alpha value is -3.07. The van der Waals surface area contributed by atoms with Gasteiger partial charge in [0.2, 0.25) is 5.88 Å². The lowest BCUT2D eigenvalue weighted by Gasteiger charge is -2.10. The first-order chi connectivity index (χ1) is 12.9. The number of pyridine rings is 1. The van der Waals surface area contributed by atoms with Gasteiger partial charge in [0.25, 0.3) is 0 Å². The third kappa shape index (κ3) is 4.20. The van der Waals surface area contributed by atoms with E-state index in [0.717, 1.165) is 6.20 Å². The van der Waals surface area contributed by atoms with Gasteiger partial charge in [0.15, 0.2) is 5.69 Å². The standard InChI is InChI=1S/C18H16F3N3O3/c1-26-16-7-2-12(10-22-16)17-23-15(18(19,20)21)11-24(17)13-3-5-14(6-4-13)27-9-8-25/h2-7,10-11,25H,8-9H2,1H3. The van der Waals surface area contributed by atoms with Crippen LogP contribution in [0.15, 0.2) is 48.8 Å². The van der Waals surface area contributed by atoms with Gasteiger partial charge >= 0.3 is 6.18 Å². The van der Waals surface area contributed by atoms with Gasteiger partial charge in [-0.05, 0) is 30.3 Å². The highest BCUT2D eigenvalue weighted by Crippen LogP contribution is 2.33. The van der Waals surface area contributed by atoms with Gasteiger partial charge in [-0.2, -0.15) is 13.2 Å². The van der Waals surface area contributed by atoms with Crippen molar-refractivity contribution in [1.82, 2.24) is 14.5 Å². The maximum atomic E-state index is 13.2. The molecule has 6 nitrogen and oxygen atoms in total. The normalized spacial score (nSPS) is 11.4. The Morgan fingerprint density at radius 2 is 1.85 bits per heavy atom. The molecule has 0 saturated heterocycles. The number of hydrogen-bond acceptors (Lipinski definition) is 5. The van der Waals surface area contributed by atoms with E-state index in [1.54, 1.807) is 36.4 Å². The largest absolute Gasteiger partial charge is 0.491 e. The Balaban J connectivity index is 2.03. The summed E-state index contributed by atoms with van der Waals surface area (Å²) in [4.78, 5) is 7.78. The molecule has 0 bridgehead atoms. The number of benzene rings is 1. The highest BCUT2D eigenvalue weighted by Gasteiger charge is 2.35. The molecule has 0 aliphatic carbocycles. The van der Waals surface area contributed by atoms with Crippen LogP contribution in [0.25, 0.3) is 17.1 Å². The second-order valence-electron chi connectivity index (χ2n) is 5.47. The summed E-state index contributed by atoms with van der Waals surface area (Å²) < 4.78 is 51.1. The van der Waals surface area contributed by atoms with Gasteiger partial charge < -0.3 is 14.6 Å². The van der Waals surface area contributed by atoms with Crippen molar-refractivity contribution in [1.29, 1.82) is 0 Å². The van der Waals surface area contributed by atoms with E-state index in [0.29, 0.717) is 22.9 Å². The summed E-state index contributed by atoms with van der Waals surface area (Å²) in [6.45, 7) is -0.00174. The molecular weight excluding hydrogens is 363 g/mol. The van der Waals surface area contributed by atoms with E-state index in [1.807, 2.05) is 0 Å². The fourth-order valence-corrected chi connectivity index (χ4v) is 2.42. The summed E-state index contributed by atoms with van der Waals surface area (Å²) in [6.07, 6.45) is -2.25. The maximum absolute atomic E-state index is 13.2. The molecule has 3 rings (SSSR count). The molecule has 0 spiro atoms. The first-order valence-electron chi connectivity index (χ1n) is 7.93. The highest BCUT2D eigenvalue weighted by atomic mass is 19.4. The molecule has 0 aliphatic rings.